The van der Waals surface area contributed by atoms with Crippen LogP contribution in [0.3, 0.4) is 0 Å². The van der Waals surface area contributed by atoms with E-state index in [1.54, 1.807) is 7.05 Å². The lowest BCUT2D eigenvalue weighted by Gasteiger charge is -2.22. The van der Waals surface area contributed by atoms with Crippen molar-refractivity contribution in [2.75, 3.05) is 20.6 Å². The van der Waals surface area contributed by atoms with E-state index in [4.69, 9.17) is 0 Å². The number of aromatic nitrogens is 1. The molecule has 0 saturated carbocycles. The van der Waals surface area contributed by atoms with Gasteiger partial charge >= 0.3 is 0 Å². The minimum Gasteiger partial charge on any atom is -0.353 e. The zero-order valence-electron chi connectivity index (χ0n) is 16.9. The second-order valence-corrected chi connectivity index (χ2v) is 7.11. The number of nitrogens with zero attached hydrogens (tertiary/aromatic N) is 4. The number of hydrogen-bond donors (Lipinski definition) is 1. The van der Waals surface area contributed by atoms with E-state index >= 15 is 0 Å². The standard InChI is InChI=1S/C21H29N5O.HI/c1-22-21(25(3)16-19-9-5-11-24(19)2)23-14-17-7-4-8-18(13-17)15-26-12-6-10-20(26)27;/h4-5,7-9,11,13H,6,10,12,14-16H2,1-3H3,(H,22,23);1H. The molecule has 1 aromatic heterocycles. The third-order valence-corrected chi connectivity index (χ3v) is 5.01. The van der Waals surface area contributed by atoms with Crippen LogP contribution in [0, 0.1) is 0 Å². The predicted molar refractivity (Wildman–Crippen MR) is 124 cm³/mol. The maximum Gasteiger partial charge on any atom is 0.222 e. The maximum absolute atomic E-state index is 11.8. The van der Waals surface area contributed by atoms with Crippen molar-refractivity contribution in [1.29, 1.82) is 0 Å². The zero-order chi connectivity index (χ0) is 19.2. The summed E-state index contributed by atoms with van der Waals surface area (Å²) in [5, 5.41) is 3.43. The van der Waals surface area contributed by atoms with Gasteiger partial charge in [-0.25, -0.2) is 0 Å². The van der Waals surface area contributed by atoms with Gasteiger partial charge in [-0.05, 0) is 29.7 Å². The normalized spacial score (nSPS) is 14.2. The molecule has 0 aliphatic carbocycles. The van der Waals surface area contributed by atoms with Crippen LogP contribution >= 0.6 is 24.0 Å². The Morgan fingerprint density at radius 1 is 1.25 bits per heavy atom. The molecule has 1 saturated heterocycles. The topological polar surface area (TPSA) is 52.9 Å². The van der Waals surface area contributed by atoms with E-state index in [1.807, 2.05) is 11.9 Å². The number of aryl methyl sites for hydroxylation is 1. The summed E-state index contributed by atoms with van der Waals surface area (Å²) in [6.45, 7) is 3.07. The maximum atomic E-state index is 11.8. The van der Waals surface area contributed by atoms with Crippen molar-refractivity contribution in [2.45, 2.75) is 32.5 Å². The highest BCUT2D eigenvalue weighted by atomic mass is 127. The molecule has 3 rings (SSSR count). The molecule has 1 aliphatic rings. The fourth-order valence-corrected chi connectivity index (χ4v) is 3.47. The van der Waals surface area contributed by atoms with Crippen LogP contribution in [-0.4, -0.2) is 46.9 Å². The minimum absolute atomic E-state index is 0. The molecule has 28 heavy (non-hydrogen) atoms. The number of rotatable bonds is 6. The van der Waals surface area contributed by atoms with Crippen LogP contribution in [0.5, 0.6) is 0 Å². The van der Waals surface area contributed by atoms with E-state index < -0.39 is 0 Å². The molecule has 1 amide bonds. The zero-order valence-corrected chi connectivity index (χ0v) is 19.2. The molecule has 1 fully saturated rings. The fourth-order valence-electron chi connectivity index (χ4n) is 3.47. The molecule has 0 radical (unpaired) electrons. The van der Waals surface area contributed by atoms with Crippen molar-refractivity contribution >= 4 is 35.8 Å². The first-order valence-electron chi connectivity index (χ1n) is 9.44. The number of carbonyl (C=O) groups excluding carboxylic acids is 1. The third-order valence-electron chi connectivity index (χ3n) is 5.01. The number of hydrogen-bond acceptors (Lipinski definition) is 2. The van der Waals surface area contributed by atoms with Crippen molar-refractivity contribution in [3.63, 3.8) is 0 Å². The molecule has 1 aromatic carbocycles. The number of nitrogens with one attached hydrogen (secondary N) is 1. The molecule has 6 nitrogen and oxygen atoms in total. The Bertz CT molecular complexity index is 817. The number of likely N-dealkylation sites (tertiary alicyclic amines) is 1. The van der Waals surface area contributed by atoms with Crippen LogP contribution in [0.15, 0.2) is 47.6 Å². The van der Waals surface area contributed by atoms with E-state index in [0.717, 1.165) is 25.5 Å². The first-order valence-corrected chi connectivity index (χ1v) is 9.44. The summed E-state index contributed by atoms with van der Waals surface area (Å²) in [5.41, 5.74) is 3.60. The van der Waals surface area contributed by atoms with E-state index in [2.05, 4.69) is 69.4 Å². The molecule has 152 valence electrons. The summed E-state index contributed by atoms with van der Waals surface area (Å²) in [6.07, 6.45) is 3.71. The second-order valence-electron chi connectivity index (χ2n) is 7.11. The molecule has 0 bridgehead atoms. The highest BCUT2D eigenvalue weighted by Crippen LogP contribution is 2.15. The van der Waals surface area contributed by atoms with Gasteiger partial charge in [-0.1, -0.05) is 24.3 Å². The average molecular weight is 495 g/mol. The van der Waals surface area contributed by atoms with Crippen LogP contribution in [0.2, 0.25) is 0 Å². The van der Waals surface area contributed by atoms with Gasteiger partial charge in [-0.2, -0.15) is 0 Å². The monoisotopic (exact) mass is 495 g/mol. The van der Waals surface area contributed by atoms with Gasteiger partial charge in [0.05, 0.1) is 6.54 Å². The molecule has 1 aliphatic heterocycles. The quantitative estimate of drug-likeness (QED) is 0.381. The first-order chi connectivity index (χ1) is 13.1. The molecule has 2 heterocycles. The molecule has 0 atom stereocenters. The molecule has 2 aromatic rings. The lowest BCUT2D eigenvalue weighted by atomic mass is 10.1. The van der Waals surface area contributed by atoms with Crippen LogP contribution in [0.25, 0.3) is 0 Å². The SMILES string of the molecule is CN=C(NCc1cccc(CN2CCCC2=O)c1)N(C)Cc1cccn1C.I. The van der Waals surface area contributed by atoms with Crippen molar-refractivity contribution < 1.29 is 4.79 Å². The molecule has 1 N–H and O–H groups in total. The number of amides is 1. The van der Waals surface area contributed by atoms with Gasteiger partial charge in [0.2, 0.25) is 5.91 Å². The van der Waals surface area contributed by atoms with Crippen molar-refractivity contribution in [1.82, 2.24) is 19.7 Å². The number of halogens is 1. The smallest absolute Gasteiger partial charge is 0.222 e. The van der Waals surface area contributed by atoms with E-state index in [0.29, 0.717) is 19.5 Å². The van der Waals surface area contributed by atoms with Crippen molar-refractivity contribution in [2.24, 2.45) is 12.0 Å². The fraction of sp³-hybridized carbons (Fsp3) is 0.429. The van der Waals surface area contributed by atoms with Crippen LogP contribution in [0.4, 0.5) is 0 Å². The Balaban J connectivity index is 0.00000280. The van der Waals surface area contributed by atoms with Gasteiger partial charge in [0.1, 0.15) is 0 Å². The summed E-state index contributed by atoms with van der Waals surface area (Å²) in [6, 6.07) is 12.6. The number of benzene rings is 1. The molecule has 0 unspecified atom stereocenters. The van der Waals surface area contributed by atoms with Gasteiger partial charge in [0, 0.05) is 59.1 Å². The van der Waals surface area contributed by atoms with Crippen LogP contribution < -0.4 is 5.32 Å². The van der Waals surface area contributed by atoms with Gasteiger partial charge in [0.15, 0.2) is 5.96 Å². The van der Waals surface area contributed by atoms with Crippen LogP contribution in [-0.2, 0) is 31.5 Å². The Kier molecular flexibility index (Phi) is 8.35. The Morgan fingerprint density at radius 2 is 2.04 bits per heavy atom. The van der Waals surface area contributed by atoms with E-state index in [-0.39, 0.29) is 29.9 Å². The lowest BCUT2D eigenvalue weighted by Crippen LogP contribution is -2.38. The second kappa shape index (κ2) is 10.5. The average Bonchev–Trinajstić information content (AvgIpc) is 3.24. The summed E-state index contributed by atoms with van der Waals surface area (Å²) < 4.78 is 2.12. The Hall–Kier alpha value is -2.03. The van der Waals surface area contributed by atoms with E-state index in [1.165, 1.54) is 16.8 Å². The van der Waals surface area contributed by atoms with Gasteiger partial charge in [-0.3, -0.25) is 9.79 Å². The highest BCUT2D eigenvalue weighted by molar-refractivity contribution is 14.0. The van der Waals surface area contributed by atoms with Crippen molar-refractivity contribution in [3.05, 3.63) is 59.4 Å². The van der Waals surface area contributed by atoms with Crippen LogP contribution in [0.1, 0.15) is 29.7 Å². The molecule has 0 spiro atoms. The molecule has 7 heteroatoms. The summed E-state index contributed by atoms with van der Waals surface area (Å²) in [5.74, 6) is 1.12. The largest absolute Gasteiger partial charge is 0.353 e. The Labute approximate surface area is 184 Å². The molecular formula is C21H30IN5O. The van der Waals surface area contributed by atoms with Gasteiger partial charge < -0.3 is 19.7 Å². The van der Waals surface area contributed by atoms with E-state index in [9.17, 15) is 4.79 Å². The molecular weight excluding hydrogens is 465 g/mol. The third kappa shape index (κ3) is 5.73. The summed E-state index contributed by atoms with van der Waals surface area (Å²) in [4.78, 5) is 20.3. The van der Waals surface area contributed by atoms with Gasteiger partial charge in [0.25, 0.3) is 0 Å². The highest BCUT2D eigenvalue weighted by Gasteiger charge is 2.19. The number of aliphatic imine (C=N–C) groups is 1. The predicted octanol–water partition coefficient (Wildman–Crippen LogP) is 2.97. The number of guanidine groups is 1. The lowest BCUT2D eigenvalue weighted by molar-refractivity contribution is -0.128. The van der Waals surface area contributed by atoms with Gasteiger partial charge in [-0.15, -0.1) is 24.0 Å². The summed E-state index contributed by atoms with van der Waals surface area (Å²) in [7, 11) is 5.90. The number of carbonyl (C=O) groups is 1. The Morgan fingerprint density at radius 3 is 2.68 bits per heavy atom. The summed E-state index contributed by atoms with van der Waals surface area (Å²) >= 11 is 0. The van der Waals surface area contributed by atoms with Crippen molar-refractivity contribution in [3.8, 4) is 0 Å². The first kappa shape index (κ1) is 22.3. The minimum atomic E-state index is 0.